The molecule has 1 heterocycles. The average molecular weight is 270 g/mol. The molecule has 106 valence electrons. The third-order valence-electron chi connectivity index (χ3n) is 3.46. The van der Waals surface area contributed by atoms with Gasteiger partial charge in [-0.1, -0.05) is 12.1 Å². The van der Waals surface area contributed by atoms with Crippen molar-refractivity contribution in [3.63, 3.8) is 0 Å². The molecule has 1 atom stereocenters. The molecule has 5 heteroatoms. The minimum Gasteiger partial charge on any atom is -0.380 e. The van der Waals surface area contributed by atoms with Crippen LogP contribution in [0.3, 0.4) is 0 Å². The Bertz CT molecular complexity index is 406. The molecule has 1 aromatic carbocycles. The molecule has 0 saturated carbocycles. The number of hydrogen-bond acceptors (Lipinski definition) is 3. The summed E-state index contributed by atoms with van der Waals surface area (Å²) in [6, 6.07) is 4.11. The Morgan fingerprint density at radius 3 is 2.95 bits per heavy atom. The molecule has 0 aromatic heterocycles. The van der Waals surface area contributed by atoms with Crippen LogP contribution in [0.2, 0.25) is 0 Å². The number of hydrogen-bond donors (Lipinski definition) is 1. The van der Waals surface area contributed by atoms with E-state index in [0.717, 1.165) is 32.2 Å². The summed E-state index contributed by atoms with van der Waals surface area (Å²) in [5, 5.41) is 3.06. The zero-order valence-electron chi connectivity index (χ0n) is 11.2. The van der Waals surface area contributed by atoms with E-state index in [2.05, 4.69) is 10.2 Å². The van der Waals surface area contributed by atoms with Crippen LogP contribution in [-0.4, -0.2) is 44.8 Å². The van der Waals surface area contributed by atoms with Gasteiger partial charge in [-0.25, -0.2) is 8.78 Å². The monoisotopic (exact) mass is 270 g/mol. The predicted molar refractivity (Wildman–Crippen MR) is 70.0 cm³/mol. The molecule has 0 bridgehead atoms. The molecule has 1 aliphatic rings. The number of benzene rings is 1. The molecule has 1 fully saturated rings. The summed E-state index contributed by atoms with van der Waals surface area (Å²) >= 11 is 0. The molecule has 1 aromatic rings. The highest BCUT2D eigenvalue weighted by atomic mass is 19.2. The van der Waals surface area contributed by atoms with Crippen molar-refractivity contribution in [1.29, 1.82) is 0 Å². The first-order chi connectivity index (χ1) is 9.22. The molecule has 1 saturated heterocycles. The fraction of sp³-hybridized carbons (Fsp3) is 0.571. The van der Waals surface area contributed by atoms with E-state index in [1.165, 1.54) is 0 Å². The van der Waals surface area contributed by atoms with Crippen molar-refractivity contribution in [2.24, 2.45) is 0 Å². The molecule has 3 nitrogen and oxygen atoms in total. The van der Waals surface area contributed by atoms with E-state index in [9.17, 15) is 8.78 Å². The quantitative estimate of drug-likeness (QED) is 0.905. The molecular weight excluding hydrogens is 250 g/mol. The highest BCUT2D eigenvalue weighted by Crippen LogP contribution is 2.20. The van der Waals surface area contributed by atoms with Gasteiger partial charge < -0.3 is 10.1 Å². The molecule has 1 aliphatic heterocycles. The Morgan fingerprint density at radius 2 is 2.16 bits per heavy atom. The number of likely N-dealkylation sites (N-methyl/N-ethyl adjacent to an activating group) is 1. The molecule has 0 spiro atoms. The summed E-state index contributed by atoms with van der Waals surface area (Å²) in [5.41, 5.74) is 0.382. The van der Waals surface area contributed by atoms with Crippen molar-refractivity contribution in [3.05, 3.63) is 35.4 Å². The Hall–Kier alpha value is -1.04. The Morgan fingerprint density at radius 1 is 1.32 bits per heavy atom. The molecule has 0 amide bonds. The van der Waals surface area contributed by atoms with Crippen LogP contribution in [0.15, 0.2) is 18.2 Å². The van der Waals surface area contributed by atoms with Crippen LogP contribution in [0.25, 0.3) is 0 Å². The molecule has 0 aliphatic carbocycles. The highest BCUT2D eigenvalue weighted by Gasteiger charge is 2.20. The van der Waals surface area contributed by atoms with Crippen LogP contribution < -0.4 is 5.32 Å². The van der Waals surface area contributed by atoms with E-state index in [0.29, 0.717) is 18.7 Å². The maximum Gasteiger partial charge on any atom is 0.163 e. The number of rotatable bonds is 4. The van der Waals surface area contributed by atoms with E-state index >= 15 is 0 Å². The predicted octanol–water partition coefficient (Wildman–Crippen LogP) is 1.95. The van der Waals surface area contributed by atoms with E-state index in [4.69, 9.17) is 4.74 Å². The van der Waals surface area contributed by atoms with Crippen molar-refractivity contribution in [2.45, 2.75) is 12.5 Å². The maximum absolute atomic E-state index is 13.8. The summed E-state index contributed by atoms with van der Waals surface area (Å²) in [5.74, 6) is -1.55. The first-order valence-electron chi connectivity index (χ1n) is 6.63. The van der Waals surface area contributed by atoms with Crippen molar-refractivity contribution in [2.75, 3.05) is 39.9 Å². The standard InChI is InChI=1S/C14H20F2N2O/c1-17-13(10-18-6-3-8-19-9-7-18)11-4-2-5-12(15)14(11)16/h2,4-5,13,17H,3,6-10H2,1H3. The second kappa shape index (κ2) is 6.93. The van der Waals surface area contributed by atoms with Crippen molar-refractivity contribution in [3.8, 4) is 0 Å². The SMILES string of the molecule is CNC(CN1CCCOCC1)c1cccc(F)c1F. The summed E-state index contributed by atoms with van der Waals surface area (Å²) in [7, 11) is 1.77. The van der Waals surface area contributed by atoms with Crippen LogP contribution >= 0.6 is 0 Å². The second-order valence-electron chi connectivity index (χ2n) is 4.75. The highest BCUT2D eigenvalue weighted by molar-refractivity contribution is 5.22. The lowest BCUT2D eigenvalue weighted by Crippen LogP contribution is -2.36. The van der Waals surface area contributed by atoms with Gasteiger partial charge in [-0.15, -0.1) is 0 Å². The van der Waals surface area contributed by atoms with Gasteiger partial charge in [0.15, 0.2) is 11.6 Å². The van der Waals surface area contributed by atoms with Crippen molar-refractivity contribution < 1.29 is 13.5 Å². The van der Waals surface area contributed by atoms with Gasteiger partial charge in [0.1, 0.15) is 0 Å². The third-order valence-corrected chi connectivity index (χ3v) is 3.46. The first kappa shape index (κ1) is 14.4. The average Bonchev–Trinajstić information content (AvgIpc) is 2.68. The summed E-state index contributed by atoms with van der Waals surface area (Å²) in [6.07, 6.45) is 0.974. The van der Waals surface area contributed by atoms with Gasteiger partial charge in [-0.2, -0.15) is 0 Å². The van der Waals surface area contributed by atoms with Gasteiger partial charge in [0.25, 0.3) is 0 Å². The number of nitrogens with zero attached hydrogens (tertiary/aromatic N) is 1. The van der Waals surface area contributed by atoms with Crippen LogP contribution in [0.4, 0.5) is 8.78 Å². The molecule has 0 radical (unpaired) electrons. The zero-order valence-corrected chi connectivity index (χ0v) is 11.2. The fourth-order valence-corrected chi connectivity index (χ4v) is 2.37. The Labute approximate surface area is 112 Å². The smallest absolute Gasteiger partial charge is 0.163 e. The molecule has 19 heavy (non-hydrogen) atoms. The zero-order chi connectivity index (χ0) is 13.7. The second-order valence-corrected chi connectivity index (χ2v) is 4.75. The fourth-order valence-electron chi connectivity index (χ4n) is 2.37. The minimum atomic E-state index is -0.794. The van der Waals surface area contributed by atoms with Crippen LogP contribution in [0, 0.1) is 11.6 Å². The number of halogens is 2. The summed E-state index contributed by atoms with van der Waals surface area (Å²) in [6.45, 7) is 3.88. The third kappa shape index (κ3) is 3.72. The van der Waals surface area contributed by atoms with Crippen molar-refractivity contribution >= 4 is 0 Å². The topological polar surface area (TPSA) is 24.5 Å². The largest absolute Gasteiger partial charge is 0.380 e. The Balaban J connectivity index is 2.08. The lowest BCUT2D eigenvalue weighted by molar-refractivity contribution is 0.139. The molecule has 1 unspecified atom stereocenters. The van der Waals surface area contributed by atoms with Crippen LogP contribution in [-0.2, 0) is 4.74 Å². The molecular formula is C14H20F2N2O. The lowest BCUT2D eigenvalue weighted by Gasteiger charge is -2.26. The van der Waals surface area contributed by atoms with Crippen molar-refractivity contribution in [1.82, 2.24) is 10.2 Å². The minimum absolute atomic E-state index is 0.214. The summed E-state index contributed by atoms with van der Waals surface area (Å²) in [4.78, 5) is 2.22. The van der Waals surface area contributed by atoms with Gasteiger partial charge in [0.05, 0.1) is 6.61 Å². The van der Waals surface area contributed by atoms with E-state index in [1.807, 2.05) is 0 Å². The van der Waals surface area contributed by atoms with Gasteiger partial charge in [-0.05, 0) is 19.5 Å². The maximum atomic E-state index is 13.8. The normalized spacial score (nSPS) is 19.1. The number of nitrogens with one attached hydrogen (secondary N) is 1. The van der Waals surface area contributed by atoms with Crippen LogP contribution in [0.1, 0.15) is 18.0 Å². The van der Waals surface area contributed by atoms with E-state index in [-0.39, 0.29) is 6.04 Å². The van der Waals surface area contributed by atoms with Crippen LogP contribution in [0.5, 0.6) is 0 Å². The van der Waals surface area contributed by atoms with E-state index in [1.54, 1.807) is 19.2 Å². The van der Waals surface area contributed by atoms with Gasteiger partial charge in [0, 0.05) is 37.8 Å². The van der Waals surface area contributed by atoms with Gasteiger partial charge in [0.2, 0.25) is 0 Å². The number of ether oxygens (including phenoxy) is 1. The molecule has 1 N–H and O–H groups in total. The summed E-state index contributed by atoms with van der Waals surface area (Å²) < 4.78 is 32.5. The van der Waals surface area contributed by atoms with E-state index < -0.39 is 11.6 Å². The first-order valence-corrected chi connectivity index (χ1v) is 6.63. The lowest BCUT2D eigenvalue weighted by atomic mass is 10.1. The van der Waals surface area contributed by atoms with Gasteiger partial charge in [-0.3, -0.25) is 4.90 Å². The van der Waals surface area contributed by atoms with Gasteiger partial charge >= 0.3 is 0 Å². The molecule has 2 rings (SSSR count). The Kier molecular flexibility index (Phi) is 5.24.